The first-order valence-corrected chi connectivity index (χ1v) is 6.76. The highest BCUT2D eigenvalue weighted by molar-refractivity contribution is 5.74. The second-order valence-corrected chi connectivity index (χ2v) is 6.03. The number of nitrogens with one attached hydrogen (secondary N) is 2. The smallest absolute Gasteiger partial charge is 0.314 e. The Labute approximate surface area is 118 Å². The molecule has 20 heavy (non-hydrogen) atoms. The number of carbonyl (C=O) groups is 2. The molecule has 1 heterocycles. The minimum atomic E-state index is -1.45. The maximum atomic E-state index is 11.6. The molecular formula is C13H24N2O5. The predicted molar refractivity (Wildman–Crippen MR) is 72.4 cm³/mol. The molecule has 1 aliphatic rings. The van der Waals surface area contributed by atoms with Gasteiger partial charge in [-0.2, -0.15) is 0 Å². The molecule has 1 saturated heterocycles. The van der Waals surface area contributed by atoms with E-state index in [2.05, 4.69) is 17.6 Å². The van der Waals surface area contributed by atoms with Crippen molar-refractivity contribution in [2.24, 2.45) is 5.41 Å². The van der Waals surface area contributed by atoms with E-state index in [9.17, 15) is 14.7 Å². The van der Waals surface area contributed by atoms with Crippen molar-refractivity contribution in [2.45, 2.75) is 38.7 Å². The van der Waals surface area contributed by atoms with E-state index < -0.39 is 24.0 Å². The topological polar surface area (TPSA) is 108 Å². The van der Waals surface area contributed by atoms with E-state index in [1.807, 2.05) is 0 Å². The van der Waals surface area contributed by atoms with Gasteiger partial charge < -0.3 is 25.6 Å². The highest BCUT2D eigenvalue weighted by Gasteiger charge is 2.28. The van der Waals surface area contributed by atoms with Crippen LogP contribution in [0.15, 0.2) is 0 Å². The van der Waals surface area contributed by atoms with Crippen molar-refractivity contribution in [3.8, 4) is 0 Å². The van der Waals surface area contributed by atoms with E-state index in [4.69, 9.17) is 9.84 Å². The van der Waals surface area contributed by atoms with E-state index in [1.54, 1.807) is 0 Å². The van der Waals surface area contributed by atoms with Crippen LogP contribution in [-0.2, 0) is 9.53 Å². The zero-order chi connectivity index (χ0) is 15.2. The number of rotatable bonds is 6. The van der Waals surface area contributed by atoms with Gasteiger partial charge in [0.2, 0.25) is 0 Å². The van der Waals surface area contributed by atoms with Crippen LogP contribution in [0.3, 0.4) is 0 Å². The summed E-state index contributed by atoms with van der Waals surface area (Å²) in [6.07, 6.45) is 1.37. The summed E-state index contributed by atoms with van der Waals surface area (Å²) in [5.41, 5.74) is -1.43. The van der Waals surface area contributed by atoms with Crippen molar-refractivity contribution in [2.75, 3.05) is 26.3 Å². The molecule has 0 spiro atoms. The molecule has 0 saturated carbocycles. The molecule has 0 aromatic carbocycles. The van der Waals surface area contributed by atoms with Gasteiger partial charge in [-0.3, -0.25) is 4.79 Å². The summed E-state index contributed by atoms with van der Waals surface area (Å²) in [7, 11) is 0. The van der Waals surface area contributed by atoms with Gasteiger partial charge in [0.1, 0.15) is 0 Å². The second-order valence-electron chi connectivity index (χ2n) is 6.03. The molecule has 1 aliphatic heterocycles. The lowest BCUT2D eigenvalue weighted by Gasteiger charge is -2.33. The summed E-state index contributed by atoms with van der Waals surface area (Å²) in [4.78, 5) is 22.2. The molecule has 0 aromatic rings. The average molecular weight is 288 g/mol. The fourth-order valence-electron chi connectivity index (χ4n) is 2.06. The van der Waals surface area contributed by atoms with Crippen LogP contribution in [0.5, 0.6) is 0 Å². The number of hydrogen-bond acceptors (Lipinski definition) is 4. The SMILES string of the molecule is CC(O)(CNC(=O)NCC1(C)CCOCC1)CC(=O)O. The van der Waals surface area contributed by atoms with Gasteiger partial charge in [0.15, 0.2) is 0 Å². The maximum absolute atomic E-state index is 11.6. The Morgan fingerprint density at radius 1 is 1.30 bits per heavy atom. The summed E-state index contributed by atoms with van der Waals surface area (Å²) < 4.78 is 5.28. The lowest BCUT2D eigenvalue weighted by Crippen LogP contribution is -2.48. The first kappa shape index (κ1) is 16.7. The Morgan fingerprint density at radius 3 is 2.45 bits per heavy atom. The Balaban J connectivity index is 2.28. The van der Waals surface area contributed by atoms with Gasteiger partial charge in [-0.1, -0.05) is 6.92 Å². The van der Waals surface area contributed by atoms with E-state index in [0.717, 1.165) is 12.8 Å². The lowest BCUT2D eigenvalue weighted by molar-refractivity contribution is -0.141. The van der Waals surface area contributed by atoms with Crippen LogP contribution < -0.4 is 10.6 Å². The summed E-state index contributed by atoms with van der Waals surface area (Å²) in [6, 6.07) is -0.400. The third kappa shape index (κ3) is 6.21. The summed E-state index contributed by atoms with van der Waals surface area (Å²) in [5.74, 6) is -1.10. The van der Waals surface area contributed by atoms with Gasteiger partial charge in [-0.15, -0.1) is 0 Å². The predicted octanol–water partition coefficient (Wildman–Crippen LogP) is 0.328. The number of hydrogen-bond donors (Lipinski definition) is 4. The van der Waals surface area contributed by atoms with Crippen molar-refractivity contribution >= 4 is 12.0 Å². The van der Waals surface area contributed by atoms with Crippen LogP contribution in [0, 0.1) is 5.41 Å². The molecule has 2 amide bonds. The van der Waals surface area contributed by atoms with Gasteiger partial charge in [0, 0.05) is 26.3 Å². The normalized spacial score (nSPS) is 20.8. The molecule has 1 unspecified atom stereocenters. The molecule has 4 N–H and O–H groups in total. The van der Waals surface area contributed by atoms with Crippen molar-refractivity contribution in [1.29, 1.82) is 0 Å². The van der Waals surface area contributed by atoms with Gasteiger partial charge in [0.05, 0.1) is 12.0 Å². The molecular weight excluding hydrogens is 264 g/mol. The van der Waals surface area contributed by atoms with Crippen LogP contribution in [0.4, 0.5) is 4.79 Å². The minimum absolute atomic E-state index is 0.0270. The molecule has 0 aromatic heterocycles. The van der Waals surface area contributed by atoms with Crippen molar-refractivity contribution in [3.63, 3.8) is 0 Å². The van der Waals surface area contributed by atoms with Gasteiger partial charge >= 0.3 is 12.0 Å². The average Bonchev–Trinajstić information content (AvgIpc) is 2.33. The van der Waals surface area contributed by atoms with Crippen LogP contribution in [0.1, 0.15) is 33.1 Å². The molecule has 0 bridgehead atoms. The van der Waals surface area contributed by atoms with Crippen LogP contribution in [0.2, 0.25) is 0 Å². The number of amides is 2. The summed E-state index contributed by atoms with van der Waals surface area (Å²) in [5, 5.41) is 23.6. The quantitative estimate of drug-likeness (QED) is 0.563. The van der Waals surface area contributed by atoms with Crippen molar-refractivity contribution in [1.82, 2.24) is 10.6 Å². The van der Waals surface area contributed by atoms with Crippen molar-refractivity contribution < 1.29 is 24.5 Å². The molecule has 116 valence electrons. The number of aliphatic hydroxyl groups is 1. The third-order valence-electron chi connectivity index (χ3n) is 3.54. The zero-order valence-corrected chi connectivity index (χ0v) is 12.1. The van der Waals surface area contributed by atoms with E-state index in [0.29, 0.717) is 19.8 Å². The molecule has 1 atom stereocenters. The molecule has 0 aliphatic carbocycles. The highest BCUT2D eigenvalue weighted by Crippen LogP contribution is 2.28. The zero-order valence-electron chi connectivity index (χ0n) is 12.1. The Bertz CT molecular complexity index is 351. The monoisotopic (exact) mass is 288 g/mol. The van der Waals surface area contributed by atoms with Crippen molar-refractivity contribution in [3.05, 3.63) is 0 Å². The fraction of sp³-hybridized carbons (Fsp3) is 0.846. The van der Waals surface area contributed by atoms with E-state index in [1.165, 1.54) is 6.92 Å². The van der Waals surface area contributed by atoms with Crippen LogP contribution >= 0.6 is 0 Å². The minimum Gasteiger partial charge on any atom is -0.481 e. The number of urea groups is 1. The van der Waals surface area contributed by atoms with E-state index in [-0.39, 0.29) is 12.0 Å². The Morgan fingerprint density at radius 2 is 1.90 bits per heavy atom. The maximum Gasteiger partial charge on any atom is 0.314 e. The second kappa shape index (κ2) is 6.90. The molecule has 0 radical (unpaired) electrons. The van der Waals surface area contributed by atoms with Crippen LogP contribution in [-0.4, -0.2) is 54.1 Å². The molecule has 1 rings (SSSR count). The summed E-state index contributed by atoms with van der Waals surface area (Å²) >= 11 is 0. The first-order chi connectivity index (χ1) is 9.22. The number of carbonyl (C=O) groups excluding carboxylic acids is 1. The number of ether oxygens (including phenoxy) is 1. The molecule has 1 fully saturated rings. The number of carboxylic acids is 1. The van der Waals surface area contributed by atoms with Gasteiger partial charge in [-0.05, 0) is 25.2 Å². The third-order valence-corrected chi connectivity index (χ3v) is 3.54. The Kier molecular flexibility index (Phi) is 5.76. The molecule has 7 nitrogen and oxygen atoms in total. The first-order valence-electron chi connectivity index (χ1n) is 6.76. The van der Waals surface area contributed by atoms with Gasteiger partial charge in [0.25, 0.3) is 0 Å². The molecule has 7 heteroatoms. The highest BCUT2D eigenvalue weighted by atomic mass is 16.5. The number of aliphatic carboxylic acids is 1. The number of carboxylic acid groups (broad SMARTS) is 1. The largest absolute Gasteiger partial charge is 0.481 e. The lowest BCUT2D eigenvalue weighted by atomic mass is 9.82. The summed E-state index contributed by atoms with van der Waals surface area (Å²) in [6.45, 7) is 5.30. The fourth-order valence-corrected chi connectivity index (χ4v) is 2.06. The standard InChI is InChI=1S/C13H24N2O5/c1-12(3-5-20-6-4-12)8-14-11(18)15-9-13(2,19)7-10(16)17/h19H,3-9H2,1-2H3,(H,16,17)(H2,14,15,18). The van der Waals surface area contributed by atoms with Crippen LogP contribution in [0.25, 0.3) is 0 Å². The Hall–Kier alpha value is -1.34. The van der Waals surface area contributed by atoms with Gasteiger partial charge in [-0.25, -0.2) is 4.79 Å². The van der Waals surface area contributed by atoms with E-state index >= 15 is 0 Å².